The van der Waals surface area contributed by atoms with Crippen LogP contribution in [-0.2, 0) is 16.0 Å². The molecule has 3 rings (SSSR count). The van der Waals surface area contributed by atoms with Crippen LogP contribution in [0.3, 0.4) is 0 Å². The minimum atomic E-state index is -1.19. The van der Waals surface area contributed by atoms with Gasteiger partial charge in [0.2, 0.25) is 5.88 Å². The van der Waals surface area contributed by atoms with E-state index in [1.165, 1.54) is 26.4 Å². The van der Waals surface area contributed by atoms with Crippen LogP contribution in [0.2, 0.25) is 5.02 Å². The fourth-order valence-electron chi connectivity index (χ4n) is 3.17. The van der Waals surface area contributed by atoms with E-state index in [-0.39, 0.29) is 23.2 Å². The first-order chi connectivity index (χ1) is 17.3. The number of carbonyl (C=O) groups is 3. The van der Waals surface area contributed by atoms with Crippen LogP contribution in [0.15, 0.2) is 36.4 Å². The van der Waals surface area contributed by atoms with Crippen LogP contribution in [0.5, 0.6) is 5.88 Å². The number of carbonyl (C=O) groups excluding carboxylic acids is 2. The first-order valence-electron chi connectivity index (χ1n) is 11.5. The van der Waals surface area contributed by atoms with Gasteiger partial charge in [0.15, 0.2) is 5.69 Å². The number of carboxylic acids is 1. The Bertz CT molecular complexity index is 978. The van der Waals surface area contributed by atoms with E-state index >= 15 is 0 Å². The van der Waals surface area contributed by atoms with E-state index in [2.05, 4.69) is 15.0 Å². The highest BCUT2D eigenvalue weighted by atomic mass is 35.5. The van der Waals surface area contributed by atoms with Crippen molar-refractivity contribution >= 4 is 29.6 Å². The quantitative estimate of drug-likeness (QED) is 0.575. The molecule has 2 amide bonds. The molecule has 0 spiro atoms. The molecule has 0 aliphatic carbocycles. The fourth-order valence-corrected chi connectivity index (χ4v) is 3.30. The third kappa shape index (κ3) is 9.71. The summed E-state index contributed by atoms with van der Waals surface area (Å²) < 4.78 is 14.8. The lowest BCUT2D eigenvalue weighted by Crippen LogP contribution is -2.40. The lowest BCUT2D eigenvalue weighted by molar-refractivity contribution is 0.0381. The number of hydrogen-bond donors (Lipinski definition) is 2. The number of hydrogen-bond acceptors (Lipinski definition) is 7. The molecule has 0 bridgehead atoms. The average Bonchev–Trinajstić information content (AvgIpc) is 2.93. The summed E-state index contributed by atoms with van der Waals surface area (Å²) in [6.45, 7) is 5.79. The summed E-state index contributed by atoms with van der Waals surface area (Å²) >= 11 is 5.79. The molecular weight excluding hydrogens is 490 g/mol. The van der Waals surface area contributed by atoms with E-state index in [4.69, 9.17) is 26.2 Å². The Morgan fingerprint density at radius 1 is 1.06 bits per heavy atom. The zero-order valence-corrected chi connectivity index (χ0v) is 22.0. The van der Waals surface area contributed by atoms with Crippen molar-refractivity contribution in [3.05, 3.63) is 58.2 Å². The number of piperidine rings is 1. The van der Waals surface area contributed by atoms with Gasteiger partial charge in [-0.25, -0.2) is 14.6 Å². The maximum Gasteiger partial charge on any atom is 0.409 e. The minimum Gasteiger partial charge on any atom is -0.480 e. The molecule has 2 aromatic rings. The molecule has 1 fully saturated rings. The van der Waals surface area contributed by atoms with E-state index in [1.807, 2.05) is 13.8 Å². The van der Waals surface area contributed by atoms with E-state index in [0.717, 1.165) is 31.5 Å². The van der Waals surface area contributed by atoms with Gasteiger partial charge in [-0.3, -0.25) is 4.79 Å². The van der Waals surface area contributed by atoms with Gasteiger partial charge in [-0.1, -0.05) is 37.6 Å². The molecule has 2 heterocycles. The van der Waals surface area contributed by atoms with Gasteiger partial charge in [0.05, 0.1) is 20.3 Å². The number of benzene rings is 1. The van der Waals surface area contributed by atoms with Gasteiger partial charge in [-0.2, -0.15) is 0 Å². The zero-order chi connectivity index (χ0) is 27.1. The number of aromatic carboxylic acids is 1. The van der Waals surface area contributed by atoms with Gasteiger partial charge < -0.3 is 29.5 Å². The third-order valence-electron chi connectivity index (χ3n) is 5.09. The Hall–Kier alpha value is -3.37. The van der Waals surface area contributed by atoms with E-state index in [0.29, 0.717) is 17.7 Å². The van der Waals surface area contributed by atoms with Gasteiger partial charge in [-0.05, 0) is 42.7 Å². The summed E-state index contributed by atoms with van der Waals surface area (Å²) in [7, 11) is 4.44. The maximum atomic E-state index is 12.1. The molecule has 0 saturated carbocycles. The van der Waals surface area contributed by atoms with Crippen LogP contribution >= 0.6 is 11.6 Å². The highest BCUT2D eigenvalue weighted by Gasteiger charge is 2.22. The van der Waals surface area contributed by atoms with Crippen molar-refractivity contribution in [2.75, 3.05) is 34.4 Å². The summed E-state index contributed by atoms with van der Waals surface area (Å²) in [4.78, 5) is 39.5. The van der Waals surface area contributed by atoms with Gasteiger partial charge in [0, 0.05) is 31.8 Å². The molecule has 2 N–H and O–H groups in total. The SMILES string of the molecule is CC.COC(=O)N1CCC(OC)CC1.COc1nc(C(=O)O)ccc1C(=O)NCc1ccc(Cl)cc1. The molecule has 0 unspecified atom stereocenters. The van der Waals surface area contributed by atoms with Crippen molar-refractivity contribution in [3.8, 4) is 5.88 Å². The predicted molar refractivity (Wildman–Crippen MR) is 136 cm³/mol. The van der Waals surface area contributed by atoms with Crippen molar-refractivity contribution < 1.29 is 33.7 Å². The Labute approximate surface area is 216 Å². The third-order valence-corrected chi connectivity index (χ3v) is 5.34. The van der Waals surface area contributed by atoms with Gasteiger partial charge in [0.1, 0.15) is 5.56 Å². The largest absolute Gasteiger partial charge is 0.480 e. The number of nitrogens with one attached hydrogen (secondary N) is 1. The molecule has 10 nitrogen and oxygen atoms in total. The number of amides is 2. The lowest BCUT2D eigenvalue weighted by atomic mass is 10.1. The number of likely N-dealkylation sites (tertiary alicyclic amines) is 1. The zero-order valence-electron chi connectivity index (χ0n) is 21.2. The second kappa shape index (κ2) is 16.3. The molecule has 0 atom stereocenters. The number of ether oxygens (including phenoxy) is 3. The Morgan fingerprint density at radius 2 is 1.67 bits per heavy atom. The molecule has 1 aromatic carbocycles. The monoisotopic (exact) mass is 523 g/mol. The van der Waals surface area contributed by atoms with Crippen molar-refractivity contribution in [1.82, 2.24) is 15.2 Å². The molecule has 1 saturated heterocycles. The maximum absolute atomic E-state index is 12.1. The van der Waals surface area contributed by atoms with Crippen LogP contribution in [0.1, 0.15) is 53.1 Å². The Kier molecular flexibility index (Phi) is 13.9. The standard InChI is InChI=1S/C15H13ClN2O4.C8H15NO3.C2H6/c1-22-14-11(6-7-12(18-14)15(20)21)13(19)17-8-9-2-4-10(16)5-3-9;1-11-7-3-5-9(6-4-7)8(10)12-2;1-2/h2-7H,8H2,1H3,(H,17,19)(H,20,21);7H,3-6H2,1-2H3;1-2H3. The van der Waals surface area contributed by atoms with Crippen molar-refractivity contribution in [3.63, 3.8) is 0 Å². The van der Waals surface area contributed by atoms with Crippen LogP contribution in [0.25, 0.3) is 0 Å². The van der Waals surface area contributed by atoms with E-state index in [1.54, 1.807) is 36.3 Å². The number of aromatic nitrogens is 1. The highest BCUT2D eigenvalue weighted by Crippen LogP contribution is 2.17. The van der Waals surface area contributed by atoms with Gasteiger partial charge >= 0.3 is 12.1 Å². The molecule has 1 aliphatic rings. The molecule has 36 heavy (non-hydrogen) atoms. The Balaban J connectivity index is 0.000000391. The van der Waals surface area contributed by atoms with Crippen LogP contribution in [-0.4, -0.2) is 73.5 Å². The second-order valence-electron chi connectivity index (χ2n) is 7.26. The van der Waals surface area contributed by atoms with Crippen molar-refractivity contribution in [2.24, 2.45) is 0 Å². The molecular formula is C25H34ClN3O7. The smallest absolute Gasteiger partial charge is 0.409 e. The molecule has 1 aliphatic heterocycles. The minimum absolute atomic E-state index is 0.0338. The normalized spacial score (nSPS) is 12.8. The summed E-state index contributed by atoms with van der Waals surface area (Å²) in [5, 5.41) is 12.2. The summed E-state index contributed by atoms with van der Waals surface area (Å²) in [5.41, 5.74) is 0.861. The number of rotatable bonds is 6. The summed E-state index contributed by atoms with van der Waals surface area (Å²) in [6, 6.07) is 9.67. The number of halogens is 1. The van der Waals surface area contributed by atoms with E-state index in [9.17, 15) is 14.4 Å². The van der Waals surface area contributed by atoms with E-state index < -0.39 is 11.9 Å². The van der Waals surface area contributed by atoms with Crippen LogP contribution < -0.4 is 10.1 Å². The molecule has 198 valence electrons. The van der Waals surface area contributed by atoms with Crippen molar-refractivity contribution in [2.45, 2.75) is 39.3 Å². The first-order valence-corrected chi connectivity index (χ1v) is 11.8. The van der Waals surface area contributed by atoms with Crippen LogP contribution in [0, 0.1) is 0 Å². The predicted octanol–water partition coefficient (Wildman–Crippen LogP) is 4.26. The molecule has 11 heteroatoms. The van der Waals surface area contributed by atoms with Gasteiger partial charge in [0.25, 0.3) is 5.91 Å². The fraction of sp³-hybridized carbons (Fsp3) is 0.440. The highest BCUT2D eigenvalue weighted by molar-refractivity contribution is 6.30. The Morgan fingerprint density at radius 3 is 2.17 bits per heavy atom. The number of nitrogens with zero attached hydrogens (tertiary/aromatic N) is 2. The topological polar surface area (TPSA) is 127 Å². The summed E-state index contributed by atoms with van der Waals surface area (Å²) in [6.07, 6.45) is 1.90. The average molecular weight is 524 g/mol. The molecule has 1 aromatic heterocycles. The number of pyridine rings is 1. The first kappa shape index (κ1) is 30.7. The van der Waals surface area contributed by atoms with Gasteiger partial charge in [-0.15, -0.1) is 0 Å². The summed E-state index contributed by atoms with van der Waals surface area (Å²) in [5.74, 6) is -1.63. The van der Waals surface area contributed by atoms with Crippen molar-refractivity contribution in [1.29, 1.82) is 0 Å². The second-order valence-corrected chi connectivity index (χ2v) is 7.70. The number of carboxylic acid groups (broad SMARTS) is 1. The number of methoxy groups -OCH3 is 3. The molecule has 0 radical (unpaired) electrons. The lowest BCUT2D eigenvalue weighted by Gasteiger charge is -2.29. The van der Waals surface area contributed by atoms with Crippen LogP contribution in [0.4, 0.5) is 4.79 Å².